The minimum Gasteiger partial charge on any atom is -0.420 e. The number of carbonyl (C=O) groups is 1. The van der Waals surface area contributed by atoms with Gasteiger partial charge in [0, 0.05) is 18.7 Å². The van der Waals surface area contributed by atoms with Crippen LogP contribution in [0.25, 0.3) is 11.5 Å². The summed E-state index contributed by atoms with van der Waals surface area (Å²) >= 11 is 1.45. The van der Waals surface area contributed by atoms with Gasteiger partial charge in [0.1, 0.15) is 5.82 Å². The van der Waals surface area contributed by atoms with Crippen LogP contribution in [-0.4, -0.2) is 34.1 Å². The molecule has 3 aromatic rings. The number of carbonyl (C=O) groups excluding carboxylic acids is 1. The summed E-state index contributed by atoms with van der Waals surface area (Å²) in [7, 11) is 0. The number of thiophene rings is 1. The van der Waals surface area contributed by atoms with E-state index in [1.165, 1.54) is 23.5 Å². The van der Waals surface area contributed by atoms with Crippen LogP contribution in [0.2, 0.25) is 0 Å². The lowest BCUT2D eigenvalue weighted by Gasteiger charge is -2.30. The van der Waals surface area contributed by atoms with Gasteiger partial charge >= 0.3 is 0 Å². The Morgan fingerprint density at radius 1 is 1.24 bits per heavy atom. The molecule has 3 heterocycles. The van der Waals surface area contributed by atoms with E-state index in [4.69, 9.17) is 4.42 Å². The van der Waals surface area contributed by atoms with Crippen LogP contribution >= 0.6 is 11.3 Å². The third-order valence-electron chi connectivity index (χ3n) is 4.32. The lowest BCUT2D eigenvalue weighted by Crippen LogP contribution is -2.38. The number of hydrogen-bond donors (Lipinski definition) is 0. The summed E-state index contributed by atoms with van der Waals surface area (Å²) in [4.78, 5) is 15.1. The molecule has 1 aromatic carbocycles. The van der Waals surface area contributed by atoms with Crippen LogP contribution in [-0.2, 0) is 0 Å². The molecule has 0 spiro atoms. The Kier molecular flexibility index (Phi) is 4.31. The molecule has 2 aromatic heterocycles. The predicted octanol–water partition coefficient (Wildman–Crippen LogP) is 3.96. The first-order valence-corrected chi connectivity index (χ1v) is 9.01. The van der Waals surface area contributed by atoms with Crippen LogP contribution < -0.4 is 0 Å². The van der Waals surface area contributed by atoms with Crippen molar-refractivity contribution < 1.29 is 13.6 Å². The number of aromatic nitrogens is 2. The topological polar surface area (TPSA) is 59.2 Å². The van der Waals surface area contributed by atoms with Crippen molar-refractivity contribution in [3.63, 3.8) is 0 Å². The first-order chi connectivity index (χ1) is 12.2. The second-order valence-corrected chi connectivity index (χ2v) is 6.97. The second-order valence-electron chi connectivity index (χ2n) is 6.02. The van der Waals surface area contributed by atoms with Gasteiger partial charge in [-0.15, -0.1) is 21.5 Å². The molecule has 1 atom stereocenters. The normalized spacial score (nSPS) is 17.6. The molecule has 25 heavy (non-hydrogen) atoms. The number of amides is 1. The van der Waals surface area contributed by atoms with Crippen LogP contribution in [0.15, 0.2) is 46.2 Å². The second kappa shape index (κ2) is 6.76. The van der Waals surface area contributed by atoms with Crippen molar-refractivity contribution in [1.82, 2.24) is 15.1 Å². The van der Waals surface area contributed by atoms with E-state index in [1.54, 1.807) is 12.1 Å². The number of piperidine rings is 1. The van der Waals surface area contributed by atoms with Crippen molar-refractivity contribution in [1.29, 1.82) is 0 Å². The van der Waals surface area contributed by atoms with Gasteiger partial charge in [-0.3, -0.25) is 4.79 Å². The molecule has 0 saturated carbocycles. The maximum absolute atomic E-state index is 13.0. The molecule has 0 unspecified atom stereocenters. The van der Waals surface area contributed by atoms with E-state index in [-0.39, 0.29) is 17.6 Å². The fourth-order valence-corrected chi connectivity index (χ4v) is 3.72. The predicted molar refractivity (Wildman–Crippen MR) is 91.9 cm³/mol. The third-order valence-corrected chi connectivity index (χ3v) is 5.18. The number of benzene rings is 1. The summed E-state index contributed by atoms with van der Waals surface area (Å²) in [6, 6.07) is 9.67. The van der Waals surface area contributed by atoms with Gasteiger partial charge in [-0.1, -0.05) is 6.07 Å². The van der Waals surface area contributed by atoms with Gasteiger partial charge in [0.25, 0.3) is 5.91 Å². The highest BCUT2D eigenvalue weighted by molar-refractivity contribution is 7.12. The molecule has 4 rings (SSSR count). The van der Waals surface area contributed by atoms with E-state index < -0.39 is 0 Å². The molecule has 5 nitrogen and oxygen atoms in total. The molecular formula is C18H16FN3O2S. The molecule has 0 aliphatic carbocycles. The molecule has 1 aliphatic rings. The Morgan fingerprint density at radius 3 is 2.84 bits per heavy atom. The van der Waals surface area contributed by atoms with Gasteiger partial charge < -0.3 is 9.32 Å². The molecule has 0 radical (unpaired) electrons. The van der Waals surface area contributed by atoms with E-state index in [0.717, 1.165) is 24.3 Å². The quantitative estimate of drug-likeness (QED) is 0.712. The number of rotatable bonds is 3. The van der Waals surface area contributed by atoms with Gasteiger partial charge in [-0.2, -0.15) is 0 Å². The van der Waals surface area contributed by atoms with Crippen LogP contribution in [0.3, 0.4) is 0 Å². The van der Waals surface area contributed by atoms with Crippen molar-refractivity contribution in [3.8, 4) is 11.5 Å². The average Bonchev–Trinajstić information content (AvgIpc) is 3.34. The van der Waals surface area contributed by atoms with Gasteiger partial charge in [0.2, 0.25) is 11.8 Å². The van der Waals surface area contributed by atoms with Crippen LogP contribution in [0, 0.1) is 5.82 Å². The monoisotopic (exact) mass is 357 g/mol. The summed E-state index contributed by atoms with van der Waals surface area (Å²) < 4.78 is 18.8. The number of hydrogen-bond acceptors (Lipinski definition) is 5. The fourth-order valence-electron chi connectivity index (χ4n) is 3.03. The van der Waals surface area contributed by atoms with E-state index in [1.807, 2.05) is 22.4 Å². The maximum atomic E-state index is 13.0. The minimum absolute atomic E-state index is 0.0272. The van der Waals surface area contributed by atoms with Crippen molar-refractivity contribution in [2.24, 2.45) is 0 Å². The largest absolute Gasteiger partial charge is 0.420 e. The standard InChI is InChI=1S/C18H16FN3O2S/c19-14-7-5-12(6-8-14)16-20-21-17(24-16)13-3-1-9-22(11-13)18(23)15-4-2-10-25-15/h2,4-8,10,13H,1,3,9,11H2/t13-/m1/s1. The summed E-state index contributed by atoms with van der Waals surface area (Å²) in [5.74, 6) is 0.676. The fraction of sp³-hybridized carbons (Fsp3) is 0.278. The van der Waals surface area contributed by atoms with Gasteiger partial charge in [-0.05, 0) is 48.6 Å². The van der Waals surface area contributed by atoms with Crippen LogP contribution in [0.1, 0.15) is 34.3 Å². The van der Waals surface area contributed by atoms with E-state index >= 15 is 0 Å². The van der Waals surface area contributed by atoms with Gasteiger partial charge in [0.05, 0.1) is 10.8 Å². The number of halogens is 1. The zero-order valence-corrected chi connectivity index (χ0v) is 14.2. The Bertz CT molecular complexity index is 861. The van der Waals surface area contributed by atoms with Crippen molar-refractivity contribution in [2.45, 2.75) is 18.8 Å². The molecule has 1 saturated heterocycles. The van der Waals surface area contributed by atoms with Crippen LogP contribution in [0.5, 0.6) is 0 Å². The molecule has 7 heteroatoms. The molecule has 0 bridgehead atoms. The highest BCUT2D eigenvalue weighted by Gasteiger charge is 2.29. The summed E-state index contributed by atoms with van der Waals surface area (Å²) in [5, 5.41) is 10.1. The molecule has 1 aliphatic heterocycles. The highest BCUT2D eigenvalue weighted by atomic mass is 32.1. The third kappa shape index (κ3) is 3.32. The van der Waals surface area contributed by atoms with E-state index in [0.29, 0.717) is 23.9 Å². The smallest absolute Gasteiger partial charge is 0.263 e. The Hall–Kier alpha value is -2.54. The Balaban J connectivity index is 1.50. The molecule has 1 amide bonds. The zero-order chi connectivity index (χ0) is 17.2. The Morgan fingerprint density at radius 2 is 2.08 bits per heavy atom. The number of nitrogens with zero attached hydrogens (tertiary/aromatic N) is 3. The van der Waals surface area contributed by atoms with Crippen LogP contribution in [0.4, 0.5) is 4.39 Å². The van der Waals surface area contributed by atoms with Crippen molar-refractivity contribution >= 4 is 17.2 Å². The molecular weight excluding hydrogens is 341 g/mol. The molecule has 128 valence electrons. The van der Waals surface area contributed by atoms with E-state index in [9.17, 15) is 9.18 Å². The first kappa shape index (κ1) is 16.0. The first-order valence-electron chi connectivity index (χ1n) is 8.13. The minimum atomic E-state index is -0.307. The zero-order valence-electron chi connectivity index (χ0n) is 13.4. The summed E-state index contributed by atoms with van der Waals surface area (Å²) in [6.45, 7) is 1.31. The average molecular weight is 357 g/mol. The summed E-state index contributed by atoms with van der Waals surface area (Å²) in [6.07, 6.45) is 1.80. The Labute approximate surface area is 148 Å². The van der Waals surface area contributed by atoms with E-state index in [2.05, 4.69) is 10.2 Å². The molecule has 0 N–H and O–H groups in total. The maximum Gasteiger partial charge on any atom is 0.263 e. The number of likely N-dealkylation sites (tertiary alicyclic amines) is 1. The lowest BCUT2D eigenvalue weighted by atomic mass is 9.98. The van der Waals surface area contributed by atoms with Crippen molar-refractivity contribution in [2.75, 3.05) is 13.1 Å². The SMILES string of the molecule is O=C(c1cccs1)N1CCC[C@@H](c2nnc(-c3ccc(F)cc3)o2)C1. The van der Waals surface area contributed by atoms with Gasteiger partial charge in [-0.25, -0.2) is 4.39 Å². The highest BCUT2D eigenvalue weighted by Crippen LogP contribution is 2.29. The summed E-state index contributed by atoms with van der Waals surface area (Å²) in [5.41, 5.74) is 0.683. The van der Waals surface area contributed by atoms with Crippen molar-refractivity contribution in [3.05, 3.63) is 58.4 Å². The lowest BCUT2D eigenvalue weighted by molar-refractivity contribution is 0.0703. The van der Waals surface area contributed by atoms with Gasteiger partial charge in [0.15, 0.2) is 0 Å². The molecule has 1 fully saturated rings.